The Morgan fingerprint density at radius 1 is 1.33 bits per heavy atom. The predicted octanol–water partition coefficient (Wildman–Crippen LogP) is 2.45. The van der Waals surface area contributed by atoms with Crippen molar-refractivity contribution in [2.45, 2.75) is 6.92 Å². The van der Waals surface area contributed by atoms with Gasteiger partial charge in [0.25, 0.3) is 5.56 Å². The fourth-order valence-corrected chi connectivity index (χ4v) is 3.12. The maximum absolute atomic E-state index is 12.3. The first-order valence-corrected chi connectivity index (χ1v) is 7.28. The highest BCUT2D eigenvalue weighted by Crippen LogP contribution is 2.28. The van der Waals surface area contributed by atoms with Crippen LogP contribution in [-0.4, -0.2) is 24.8 Å². The summed E-state index contributed by atoms with van der Waals surface area (Å²) in [6.45, 7) is 1.96. The van der Waals surface area contributed by atoms with Crippen LogP contribution in [-0.2, 0) is 0 Å². The molecule has 104 valence electrons. The van der Waals surface area contributed by atoms with Crippen molar-refractivity contribution in [1.29, 1.82) is 0 Å². The van der Waals surface area contributed by atoms with Crippen molar-refractivity contribution in [3.8, 4) is 22.0 Å². The van der Waals surface area contributed by atoms with Crippen molar-refractivity contribution in [2.24, 2.45) is 0 Å². The molecule has 4 heterocycles. The minimum atomic E-state index is -0.143. The maximum atomic E-state index is 12.3. The Kier molecular flexibility index (Phi) is 2.55. The molecule has 0 radical (unpaired) electrons. The van der Waals surface area contributed by atoms with Gasteiger partial charge in [-0.15, -0.1) is 11.3 Å². The second kappa shape index (κ2) is 4.42. The Labute approximate surface area is 123 Å². The van der Waals surface area contributed by atoms with E-state index in [1.54, 1.807) is 23.6 Å². The molecule has 0 unspecified atom stereocenters. The van der Waals surface area contributed by atoms with Gasteiger partial charge in [-0.1, -0.05) is 6.07 Å². The minimum Gasteiger partial charge on any atom is -0.288 e. The molecule has 21 heavy (non-hydrogen) atoms. The van der Waals surface area contributed by atoms with Crippen molar-refractivity contribution in [3.05, 3.63) is 51.8 Å². The molecular weight excluding hydrogens is 286 g/mol. The van der Waals surface area contributed by atoms with Crippen molar-refractivity contribution >= 4 is 17.0 Å². The molecule has 0 aromatic carbocycles. The van der Waals surface area contributed by atoms with Crippen molar-refractivity contribution in [3.63, 3.8) is 0 Å². The third kappa shape index (κ3) is 1.82. The number of aromatic nitrogens is 5. The van der Waals surface area contributed by atoms with Crippen LogP contribution in [0.4, 0.5) is 0 Å². The van der Waals surface area contributed by atoms with Gasteiger partial charge in [-0.25, -0.2) is 9.50 Å². The molecule has 0 saturated heterocycles. The van der Waals surface area contributed by atoms with Gasteiger partial charge in [-0.05, 0) is 24.4 Å². The van der Waals surface area contributed by atoms with Crippen LogP contribution >= 0.6 is 11.3 Å². The smallest absolute Gasteiger partial charge is 0.273 e. The average Bonchev–Trinajstić information content (AvgIpc) is 3.19. The molecule has 0 aliphatic heterocycles. The van der Waals surface area contributed by atoms with Gasteiger partial charge >= 0.3 is 0 Å². The largest absolute Gasteiger partial charge is 0.288 e. The van der Waals surface area contributed by atoms with E-state index in [-0.39, 0.29) is 5.56 Å². The number of hydrogen-bond donors (Lipinski definition) is 2. The zero-order valence-corrected chi connectivity index (χ0v) is 11.9. The van der Waals surface area contributed by atoms with E-state index < -0.39 is 0 Å². The minimum absolute atomic E-state index is 0.143. The molecule has 0 aliphatic rings. The highest BCUT2D eigenvalue weighted by atomic mass is 32.1. The number of rotatable bonds is 2. The van der Waals surface area contributed by atoms with Crippen LogP contribution in [0.2, 0.25) is 0 Å². The molecule has 0 atom stereocenters. The molecule has 0 fully saturated rings. The number of aromatic amines is 2. The zero-order chi connectivity index (χ0) is 14.4. The van der Waals surface area contributed by atoms with Gasteiger partial charge in [0.2, 0.25) is 0 Å². The normalized spacial score (nSPS) is 11.3. The van der Waals surface area contributed by atoms with Crippen LogP contribution in [0.5, 0.6) is 0 Å². The first kappa shape index (κ1) is 12.1. The first-order valence-electron chi connectivity index (χ1n) is 6.40. The maximum Gasteiger partial charge on any atom is 0.273 e. The summed E-state index contributed by atoms with van der Waals surface area (Å²) in [5.74, 6) is 0. The summed E-state index contributed by atoms with van der Waals surface area (Å²) in [7, 11) is 0. The van der Waals surface area contributed by atoms with Crippen molar-refractivity contribution < 1.29 is 0 Å². The fraction of sp³-hybridized carbons (Fsp3) is 0.0714. The quantitative estimate of drug-likeness (QED) is 0.596. The van der Waals surface area contributed by atoms with Gasteiger partial charge in [0.15, 0.2) is 5.65 Å². The Hall–Kier alpha value is -2.67. The summed E-state index contributed by atoms with van der Waals surface area (Å²) >= 11 is 1.62. The second-order valence-electron chi connectivity index (χ2n) is 4.70. The van der Waals surface area contributed by atoms with E-state index in [4.69, 9.17) is 0 Å². The standard InChI is InChI=1S/C14H11N5OS/c1-8-13(11-3-2-6-21-11)18-19-12(20)7-10(16-14(8)19)9-4-5-15-17-9/h2-7,18H,1H3,(H,15,17). The van der Waals surface area contributed by atoms with E-state index in [1.165, 1.54) is 10.6 Å². The molecule has 2 N–H and O–H groups in total. The molecule has 0 saturated carbocycles. The topological polar surface area (TPSA) is 78.8 Å². The lowest BCUT2D eigenvalue weighted by Crippen LogP contribution is -2.14. The first-order chi connectivity index (χ1) is 10.2. The molecule has 4 aromatic rings. The molecular formula is C14H11N5OS. The monoisotopic (exact) mass is 297 g/mol. The van der Waals surface area contributed by atoms with Crippen molar-refractivity contribution in [1.82, 2.24) is 24.8 Å². The van der Waals surface area contributed by atoms with E-state index >= 15 is 0 Å². The third-order valence-electron chi connectivity index (χ3n) is 3.40. The van der Waals surface area contributed by atoms with Crippen LogP contribution in [0.3, 0.4) is 0 Å². The zero-order valence-electron chi connectivity index (χ0n) is 11.1. The van der Waals surface area contributed by atoms with Crippen LogP contribution in [0, 0.1) is 6.92 Å². The lowest BCUT2D eigenvalue weighted by Gasteiger charge is -1.98. The summed E-state index contributed by atoms with van der Waals surface area (Å²) in [5, 5.41) is 11.9. The number of nitrogens with zero attached hydrogens (tertiary/aromatic N) is 3. The molecule has 0 bridgehead atoms. The van der Waals surface area contributed by atoms with E-state index in [0.29, 0.717) is 11.3 Å². The van der Waals surface area contributed by atoms with Crippen LogP contribution in [0.25, 0.3) is 27.6 Å². The van der Waals surface area contributed by atoms with Gasteiger partial charge in [-0.2, -0.15) is 5.10 Å². The third-order valence-corrected chi connectivity index (χ3v) is 4.28. The molecule has 0 spiro atoms. The number of thiophene rings is 1. The van der Waals surface area contributed by atoms with Crippen molar-refractivity contribution in [2.75, 3.05) is 0 Å². The van der Waals surface area contributed by atoms with Gasteiger partial charge in [0, 0.05) is 17.8 Å². The van der Waals surface area contributed by atoms with E-state index in [2.05, 4.69) is 20.3 Å². The number of aryl methyl sites for hydroxylation is 1. The predicted molar refractivity (Wildman–Crippen MR) is 81.4 cm³/mol. The number of H-pyrrole nitrogens is 2. The fourth-order valence-electron chi connectivity index (χ4n) is 2.35. The lowest BCUT2D eigenvalue weighted by atomic mass is 10.2. The Bertz CT molecular complexity index is 963. The Morgan fingerprint density at radius 2 is 2.24 bits per heavy atom. The Morgan fingerprint density at radius 3 is 2.95 bits per heavy atom. The van der Waals surface area contributed by atoms with Crippen LogP contribution in [0.15, 0.2) is 40.6 Å². The number of nitrogens with one attached hydrogen (secondary N) is 2. The van der Waals surface area contributed by atoms with E-state index in [1.807, 2.05) is 24.4 Å². The highest BCUT2D eigenvalue weighted by molar-refractivity contribution is 7.13. The SMILES string of the molecule is Cc1c(-c2cccs2)[nH]n2c(=O)cc(-c3ccn[nH]3)nc12. The number of hydrogen-bond acceptors (Lipinski definition) is 4. The lowest BCUT2D eigenvalue weighted by molar-refractivity contribution is 0.903. The summed E-state index contributed by atoms with van der Waals surface area (Å²) < 4.78 is 1.48. The molecule has 6 nitrogen and oxygen atoms in total. The second-order valence-corrected chi connectivity index (χ2v) is 5.65. The summed E-state index contributed by atoms with van der Waals surface area (Å²) in [6.07, 6.45) is 1.64. The van der Waals surface area contributed by atoms with Crippen LogP contribution in [0.1, 0.15) is 5.56 Å². The van der Waals surface area contributed by atoms with Gasteiger partial charge in [-0.3, -0.25) is 15.0 Å². The van der Waals surface area contributed by atoms with Gasteiger partial charge < -0.3 is 0 Å². The molecule has 4 rings (SSSR count). The highest BCUT2D eigenvalue weighted by Gasteiger charge is 2.14. The summed E-state index contributed by atoms with van der Waals surface area (Å²) in [6, 6.07) is 7.29. The average molecular weight is 297 g/mol. The van der Waals surface area contributed by atoms with Crippen LogP contribution < -0.4 is 5.56 Å². The molecule has 4 aromatic heterocycles. The number of fused-ring (bicyclic) bond motifs is 1. The Balaban J connectivity index is 2.01. The molecule has 7 heteroatoms. The van der Waals surface area contributed by atoms with E-state index in [0.717, 1.165) is 21.8 Å². The van der Waals surface area contributed by atoms with Gasteiger partial charge in [0.05, 0.1) is 22.0 Å². The molecule has 0 amide bonds. The molecule has 0 aliphatic carbocycles. The van der Waals surface area contributed by atoms with E-state index in [9.17, 15) is 4.79 Å². The van der Waals surface area contributed by atoms with Gasteiger partial charge in [0.1, 0.15) is 0 Å². The summed E-state index contributed by atoms with van der Waals surface area (Å²) in [4.78, 5) is 17.9. The summed E-state index contributed by atoms with van der Waals surface area (Å²) in [5.41, 5.74) is 3.70.